The third kappa shape index (κ3) is 2.66. The van der Waals surface area contributed by atoms with Gasteiger partial charge in [-0.3, -0.25) is 0 Å². The predicted molar refractivity (Wildman–Crippen MR) is 132 cm³/mol. The van der Waals surface area contributed by atoms with Crippen LogP contribution in [0.5, 0.6) is 0 Å². The molecule has 0 spiro atoms. The van der Waals surface area contributed by atoms with Crippen molar-refractivity contribution in [3.05, 3.63) is 39.7 Å². The summed E-state index contributed by atoms with van der Waals surface area (Å²) in [5.74, 6) is 3.23. The Morgan fingerprint density at radius 3 is 2.66 bits per heavy atom. The lowest BCUT2D eigenvalue weighted by Crippen LogP contribution is -2.14. The van der Waals surface area contributed by atoms with Crippen molar-refractivity contribution in [2.24, 2.45) is 11.8 Å². The van der Waals surface area contributed by atoms with Gasteiger partial charge in [0.2, 0.25) is 0 Å². The lowest BCUT2D eigenvalue weighted by Gasteiger charge is -2.27. The van der Waals surface area contributed by atoms with Crippen molar-refractivity contribution in [3.8, 4) is 11.3 Å². The van der Waals surface area contributed by atoms with Crippen molar-refractivity contribution in [2.45, 2.75) is 84.0 Å². The highest BCUT2D eigenvalue weighted by molar-refractivity contribution is 7.19. The maximum atomic E-state index is 4.55. The predicted octanol–water partition coefficient (Wildman–Crippen LogP) is 7.15. The summed E-state index contributed by atoms with van der Waals surface area (Å²) in [4.78, 5) is 11.6. The van der Waals surface area contributed by atoms with E-state index in [1.807, 2.05) is 4.52 Å². The molecule has 2 atom stereocenters. The summed E-state index contributed by atoms with van der Waals surface area (Å²) in [5, 5.41) is 6.02. The minimum Gasteiger partial charge on any atom is -0.346 e. The van der Waals surface area contributed by atoms with Crippen LogP contribution in [0.15, 0.2) is 12.5 Å². The Hall–Kier alpha value is -2.14. The minimum absolute atomic E-state index is 0.478. The Balaban J connectivity index is 1.41. The van der Waals surface area contributed by atoms with Gasteiger partial charge >= 0.3 is 0 Å². The molecular formula is C27H32N4S. The average Bonchev–Trinajstić information content (AvgIpc) is 3.56. The number of hydrogen-bond acceptors (Lipinski definition) is 3. The molecule has 4 aromatic heterocycles. The van der Waals surface area contributed by atoms with Crippen LogP contribution in [-0.4, -0.2) is 19.6 Å². The molecular weight excluding hydrogens is 412 g/mol. The lowest BCUT2D eigenvalue weighted by molar-refractivity contribution is 0.322. The molecule has 0 radical (unpaired) electrons. The van der Waals surface area contributed by atoms with Gasteiger partial charge in [0.15, 0.2) is 5.65 Å². The van der Waals surface area contributed by atoms with Gasteiger partial charge in [-0.1, -0.05) is 26.7 Å². The number of aryl methyl sites for hydroxylation is 2. The van der Waals surface area contributed by atoms with Crippen LogP contribution in [-0.2, 0) is 12.8 Å². The highest BCUT2D eigenvalue weighted by Crippen LogP contribution is 2.52. The fourth-order valence-electron chi connectivity index (χ4n) is 7.41. The van der Waals surface area contributed by atoms with E-state index in [0.29, 0.717) is 5.92 Å². The summed E-state index contributed by atoms with van der Waals surface area (Å²) in [5.41, 5.74) is 9.68. The molecule has 7 rings (SSSR count). The average molecular weight is 445 g/mol. The van der Waals surface area contributed by atoms with E-state index in [2.05, 4.69) is 53.4 Å². The molecule has 0 saturated heterocycles. The maximum Gasteiger partial charge on any atom is 0.158 e. The van der Waals surface area contributed by atoms with Crippen molar-refractivity contribution in [1.29, 1.82) is 0 Å². The molecule has 0 aromatic carbocycles. The first-order chi connectivity index (χ1) is 15.6. The Morgan fingerprint density at radius 2 is 1.88 bits per heavy atom. The molecule has 4 nitrogen and oxygen atoms in total. The molecule has 2 saturated carbocycles. The van der Waals surface area contributed by atoms with Gasteiger partial charge in [0.05, 0.1) is 5.69 Å². The third-order valence-corrected chi connectivity index (χ3v) is 10.1. The summed E-state index contributed by atoms with van der Waals surface area (Å²) >= 11 is 2.06. The number of rotatable bonds is 3. The number of pyridine rings is 1. The van der Waals surface area contributed by atoms with Crippen molar-refractivity contribution in [3.63, 3.8) is 0 Å². The molecule has 2 fully saturated rings. The third-order valence-electron chi connectivity index (χ3n) is 8.70. The van der Waals surface area contributed by atoms with Crippen LogP contribution in [0.25, 0.3) is 27.1 Å². The Bertz CT molecular complexity index is 1340. The lowest BCUT2D eigenvalue weighted by atomic mass is 9.79. The van der Waals surface area contributed by atoms with E-state index < -0.39 is 0 Å². The first kappa shape index (κ1) is 19.3. The van der Waals surface area contributed by atoms with Gasteiger partial charge in [0, 0.05) is 27.6 Å². The SMILES string of the molecule is Cc1c(C2CC3CCC(C3)C2)sc2[nH]c(-c3cn4ncnc4c4c3CCC4)c(C(C)C)c12. The molecule has 5 heteroatoms. The number of H-pyrrole nitrogens is 1. The van der Waals surface area contributed by atoms with Crippen molar-refractivity contribution in [2.75, 3.05) is 0 Å². The fraction of sp³-hybridized carbons (Fsp3) is 0.556. The van der Waals surface area contributed by atoms with Gasteiger partial charge in [-0.15, -0.1) is 11.3 Å². The topological polar surface area (TPSA) is 46.0 Å². The molecule has 166 valence electrons. The second kappa shape index (κ2) is 6.93. The van der Waals surface area contributed by atoms with Crippen LogP contribution in [0.3, 0.4) is 0 Å². The standard InChI is InChI=1S/C27H32N4S/c1-14(2)22-23-15(3)25(18-10-16-7-8-17(9-16)11-18)32-27(23)30-24(22)21-12-31-26(28-13-29-31)20-6-4-5-19(20)21/h12-14,16-18,30H,4-11H2,1-3H3. The number of fused-ring (bicyclic) bond motifs is 6. The molecule has 1 N–H and O–H groups in total. The van der Waals surface area contributed by atoms with Crippen LogP contribution in [0.1, 0.15) is 91.3 Å². The van der Waals surface area contributed by atoms with Crippen molar-refractivity contribution < 1.29 is 0 Å². The number of thiophene rings is 1. The second-order valence-corrected chi connectivity index (χ2v) is 12.0. The maximum absolute atomic E-state index is 4.55. The van der Waals surface area contributed by atoms with Gasteiger partial charge in [-0.2, -0.15) is 5.10 Å². The summed E-state index contributed by atoms with van der Waals surface area (Å²) in [6.07, 6.45) is 14.7. The minimum atomic E-state index is 0.478. The molecule has 2 unspecified atom stereocenters. The van der Waals surface area contributed by atoms with E-state index in [9.17, 15) is 0 Å². The number of nitrogens with zero attached hydrogens (tertiary/aromatic N) is 3. The van der Waals surface area contributed by atoms with Gasteiger partial charge < -0.3 is 4.98 Å². The molecule has 0 aliphatic heterocycles. The summed E-state index contributed by atoms with van der Waals surface area (Å²) < 4.78 is 1.99. The van der Waals surface area contributed by atoms with Crippen LogP contribution in [0.4, 0.5) is 0 Å². The normalized spacial score (nSPS) is 24.9. The monoisotopic (exact) mass is 444 g/mol. The zero-order valence-corrected chi connectivity index (χ0v) is 20.2. The number of aromatic amines is 1. The van der Waals surface area contributed by atoms with Gasteiger partial charge in [0.25, 0.3) is 0 Å². The van der Waals surface area contributed by atoms with Crippen molar-refractivity contribution >= 4 is 27.2 Å². The molecule has 0 amide bonds. The molecule has 4 aromatic rings. The summed E-state index contributed by atoms with van der Waals surface area (Å²) in [6.45, 7) is 7.12. The molecule has 4 heterocycles. The zero-order valence-electron chi connectivity index (χ0n) is 19.4. The molecule has 32 heavy (non-hydrogen) atoms. The van der Waals surface area contributed by atoms with Gasteiger partial charge in [-0.25, -0.2) is 9.50 Å². The van der Waals surface area contributed by atoms with E-state index in [4.69, 9.17) is 0 Å². The van der Waals surface area contributed by atoms with E-state index in [1.54, 1.807) is 16.8 Å². The van der Waals surface area contributed by atoms with Crippen LogP contribution < -0.4 is 0 Å². The fourth-order valence-corrected chi connectivity index (χ4v) is 8.77. The molecule has 3 aliphatic rings. The Labute approximate surface area is 193 Å². The van der Waals surface area contributed by atoms with E-state index in [1.165, 1.54) is 76.7 Å². The largest absolute Gasteiger partial charge is 0.346 e. The molecule has 2 bridgehead atoms. The number of hydrogen-bond donors (Lipinski definition) is 1. The van der Waals surface area contributed by atoms with Gasteiger partial charge in [0.1, 0.15) is 11.2 Å². The highest BCUT2D eigenvalue weighted by Gasteiger charge is 2.37. The first-order valence-corrected chi connectivity index (χ1v) is 13.4. The summed E-state index contributed by atoms with van der Waals surface area (Å²) in [7, 11) is 0. The zero-order chi connectivity index (χ0) is 21.6. The highest BCUT2D eigenvalue weighted by atomic mass is 32.1. The van der Waals surface area contributed by atoms with E-state index in [-0.39, 0.29) is 0 Å². The quantitative estimate of drug-likeness (QED) is 0.364. The first-order valence-electron chi connectivity index (χ1n) is 12.6. The Kier molecular flexibility index (Phi) is 4.19. The number of nitrogens with one attached hydrogen (secondary N) is 1. The smallest absolute Gasteiger partial charge is 0.158 e. The van der Waals surface area contributed by atoms with Crippen LogP contribution >= 0.6 is 11.3 Å². The Morgan fingerprint density at radius 1 is 1.09 bits per heavy atom. The van der Waals surface area contributed by atoms with Crippen LogP contribution in [0, 0.1) is 18.8 Å². The number of aromatic nitrogens is 4. The summed E-state index contributed by atoms with van der Waals surface area (Å²) in [6, 6.07) is 0. The van der Waals surface area contributed by atoms with E-state index in [0.717, 1.165) is 36.2 Å². The van der Waals surface area contributed by atoms with Crippen molar-refractivity contribution in [1.82, 2.24) is 19.6 Å². The van der Waals surface area contributed by atoms with E-state index >= 15 is 0 Å². The van der Waals surface area contributed by atoms with Crippen LogP contribution in [0.2, 0.25) is 0 Å². The molecule has 3 aliphatic carbocycles. The second-order valence-electron chi connectivity index (χ2n) is 11.0. The van der Waals surface area contributed by atoms with Gasteiger partial charge in [-0.05, 0) is 85.8 Å².